The van der Waals surface area contributed by atoms with Crippen LogP contribution in [0.25, 0.3) is 0 Å². The molecule has 3 rings (SSSR count). The predicted octanol–water partition coefficient (Wildman–Crippen LogP) is 3.20. The highest BCUT2D eigenvalue weighted by Crippen LogP contribution is 2.37. The Morgan fingerprint density at radius 1 is 1.05 bits per heavy atom. The molecular weight excluding hydrogens is 258 g/mol. The molecule has 1 aliphatic carbocycles. The van der Waals surface area contributed by atoms with E-state index in [-0.39, 0.29) is 12.1 Å². The zero-order chi connectivity index (χ0) is 14.1. The lowest BCUT2D eigenvalue weighted by Gasteiger charge is -2.14. The third-order valence-electron chi connectivity index (χ3n) is 3.80. The van der Waals surface area contributed by atoms with Crippen molar-refractivity contribution in [2.75, 3.05) is 0 Å². The van der Waals surface area contributed by atoms with Crippen molar-refractivity contribution in [2.45, 2.75) is 25.0 Å². The third kappa shape index (κ3) is 2.44. The fraction of sp³-hybridized carbons (Fsp3) is 0.250. The van der Waals surface area contributed by atoms with Crippen LogP contribution >= 0.6 is 0 Å². The molecule has 2 aromatic carbocycles. The maximum absolute atomic E-state index is 13.2. The highest BCUT2D eigenvalue weighted by atomic mass is 19.2. The highest BCUT2D eigenvalue weighted by Gasteiger charge is 2.27. The molecule has 104 valence electrons. The SMILES string of the molecule is NC1CC(NCc2ccc(F)c(F)c2)c2ccccc21. The molecule has 3 N–H and O–H groups in total. The Kier molecular flexibility index (Phi) is 3.51. The number of rotatable bonds is 3. The average Bonchev–Trinajstić information content (AvgIpc) is 2.78. The first-order valence-electron chi connectivity index (χ1n) is 6.67. The first-order valence-corrected chi connectivity index (χ1v) is 6.67. The normalized spacial score (nSPS) is 20.9. The van der Waals surface area contributed by atoms with Gasteiger partial charge in [0.05, 0.1) is 0 Å². The van der Waals surface area contributed by atoms with Crippen molar-refractivity contribution in [3.8, 4) is 0 Å². The molecule has 0 saturated heterocycles. The third-order valence-corrected chi connectivity index (χ3v) is 3.80. The summed E-state index contributed by atoms with van der Waals surface area (Å²) in [5.74, 6) is -1.63. The van der Waals surface area contributed by atoms with Crippen LogP contribution < -0.4 is 11.1 Å². The predicted molar refractivity (Wildman–Crippen MR) is 73.9 cm³/mol. The van der Waals surface area contributed by atoms with Gasteiger partial charge in [-0.25, -0.2) is 8.78 Å². The Morgan fingerprint density at radius 3 is 2.55 bits per heavy atom. The maximum atomic E-state index is 13.2. The van der Waals surface area contributed by atoms with Crippen molar-refractivity contribution < 1.29 is 8.78 Å². The van der Waals surface area contributed by atoms with E-state index in [1.54, 1.807) is 6.07 Å². The molecule has 2 atom stereocenters. The highest BCUT2D eigenvalue weighted by molar-refractivity contribution is 5.37. The number of nitrogens with one attached hydrogen (secondary N) is 1. The number of hydrogen-bond donors (Lipinski definition) is 2. The molecule has 20 heavy (non-hydrogen) atoms. The van der Waals surface area contributed by atoms with Crippen LogP contribution in [0.4, 0.5) is 8.78 Å². The minimum absolute atomic E-state index is 0.0358. The number of nitrogens with two attached hydrogens (primary N) is 1. The first kappa shape index (κ1) is 13.2. The molecule has 2 nitrogen and oxygen atoms in total. The van der Waals surface area contributed by atoms with E-state index < -0.39 is 11.6 Å². The van der Waals surface area contributed by atoms with Crippen molar-refractivity contribution >= 4 is 0 Å². The quantitative estimate of drug-likeness (QED) is 0.902. The van der Waals surface area contributed by atoms with E-state index in [1.807, 2.05) is 18.2 Å². The van der Waals surface area contributed by atoms with Gasteiger partial charge in [0.25, 0.3) is 0 Å². The van der Waals surface area contributed by atoms with Crippen molar-refractivity contribution in [2.24, 2.45) is 5.73 Å². The lowest BCUT2D eigenvalue weighted by Crippen LogP contribution is -2.19. The zero-order valence-electron chi connectivity index (χ0n) is 10.9. The van der Waals surface area contributed by atoms with Gasteiger partial charge in [0, 0.05) is 18.6 Å². The molecule has 0 bridgehead atoms. The minimum atomic E-state index is -0.818. The molecule has 0 heterocycles. The Morgan fingerprint density at radius 2 is 1.80 bits per heavy atom. The topological polar surface area (TPSA) is 38.0 Å². The largest absolute Gasteiger partial charge is 0.324 e. The summed E-state index contributed by atoms with van der Waals surface area (Å²) in [6.07, 6.45) is 0.822. The molecule has 2 unspecified atom stereocenters. The van der Waals surface area contributed by atoms with Gasteiger partial charge in [0.1, 0.15) is 0 Å². The summed E-state index contributed by atoms with van der Waals surface area (Å²) in [6, 6.07) is 12.2. The van der Waals surface area contributed by atoms with Gasteiger partial charge < -0.3 is 11.1 Å². The van der Waals surface area contributed by atoms with Crippen molar-refractivity contribution in [3.63, 3.8) is 0 Å². The summed E-state index contributed by atoms with van der Waals surface area (Å²) >= 11 is 0. The molecule has 0 aliphatic heterocycles. The number of hydrogen-bond acceptors (Lipinski definition) is 2. The van der Waals surface area contributed by atoms with Gasteiger partial charge in [0.2, 0.25) is 0 Å². The molecule has 2 aromatic rings. The van der Waals surface area contributed by atoms with Crippen LogP contribution in [0.5, 0.6) is 0 Å². The van der Waals surface area contributed by atoms with Crippen molar-refractivity contribution in [1.82, 2.24) is 5.32 Å². The number of halogens is 2. The van der Waals surface area contributed by atoms with Crippen LogP contribution in [0.1, 0.15) is 35.2 Å². The molecule has 0 saturated carbocycles. The number of benzene rings is 2. The lowest BCUT2D eigenvalue weighted by molar-refractivity contribution is 0.489. The van der Waals surface area contributed by atoms with Gasteiger partial charge in [-0.1, -0.05) is 30.3 Å². The monoisotopic (exact) mass is 274 g/mol. The fourth-order valence-corrected chi connectivity index (χ4v) is 2.76. The summed E-state index contributed by atoms with van der Waals surface area (Å²) in [6.45, 7) is 0.489. The van der Waals surface area contributed by atoms with Gasteiger partial charge in [-0.05, 0) is 35.2 Å². The molecule has 4 heteroatoms. The Labute approximate surface area is 116 Å². The van der Waals surface area contributed by atoms with Gasteiger partial charge in [0.15, 0.2) is 11.6 Å². The second-order valence-electron chi connectivity index (χ2n) is 5.15. The first-order chi connectivity index (χ1) is 9.65. The molecule has 0 aromatic heterocycles. The van der Waals surface area contributed by atoms with E-state index in [2.05, 4.69) is 11.4 Å². The molecule has 0 fully saturated rings. The smallest absolute Gasteiger partial charge is 0.159 e. The van der Waals surface area contributed by atoms with E-state index in [0.717, 1.165) is 23.6 Å². The van der Waals surface area contributed by atoms with E-state index in [0.29, 0.717) is 6.54 Å². The average molecular weight is 274 g/mol. The summed E-state index contributed by atoms with van der Waals surface area (Å²) < 4.78 is 26.0. The fourth-order valence-electron chi connectivity index (χ4n) is 2.76. The van der Waals surface area contributed by atoms with Crippen LogP contribution in [-0.2, 0) is 6.54 Å². The van der Waals surface area contributed by atoms with Gasteiger partial charge in [-0.3, -0.25) is 0 Å². The second kappa shape index (κ2) is 5.31. The summed E-state index contributed by atoms with van der Waals surface area (Å²) in [5, 5.41) is 3.36. The van der Waals surface area contributed by atoms with E-state index in [1.165, 1.54) is 11.6 Å². The standard InChI is InChI=1S/C16H16F2N2/c17-13-6-5-10(7-14(13)18)9-20-16-8-15(19)11-3-1-2-4-12(11)16/h1-7,15-16,20H,8-9,19H2. The summed E-state index contributed by atoms with van der Waals surface area (Å²) in [5.41, 5.74) is 9.18. The van der Waals surface area contributed by atoms with E-state index in [4.69, 9.17) is 5.73 Å². The van der Waals surface area contributed by atoms with E-state index >= 15 is 0 Å². The molecular formula is C16H16F2N2. The van der Waals surface area contributed by atoms with Crippen LogP contribution in [0.2, 0.25) is 0 Å². The van der Waals surface area contributed by atoms with Crippen LogP contribution in [0, 0.1) is 11.6 Å². The Bertz CT molecular complexity index is 628. The molecule has 0 radical (unpaired) electrons. The lowest BCUT2D eigenvalue weighted by atomic mass is 10.1. The van der Waals surface area contributed by atoms with Gasteiger partial charge >= 0.3 is 0 Å². The number of fused-ring (bicyclic) bond motifs is 1. The van der Waals surface area contributed by atoms with Gasteiger partial charge in [-0.2, -0.15) is 0 Å². The van der Waals surface area contributed by atoms with Crippen molar-refractivity contribution in [1.29, 1.82) is 0 Å². The summed E-state index contributed by atoms with van der Waals surface area (Å²) in [7, 11) is 0. The molecule has 1 aliphatic rings. The maximum Gasteiger partial charge on any atom is 0.159 e. The Hall–Kier alpha value is -1.78. The minimum Gasteiger partial charge on any atom is -0.324 e. The molecule has 0 spiro atoms. The second-order valence-corrected chi connectivity index (χ2v) is 5.15. The van der Waals surface area contributed by atoms with Crippen LogP contribution in [0.15, 0.2) is 42.5 Å². The van der Waals surface area contributed by atoms with Crippen molar-refractivity contribution in [3.05, 3.63) is 70.8 Å². The van der Waals surface area contributed by atoms with Gasteiger partial charge in [-0.15, -0.1) is 0 Å². The van der Waals surface area contributed by atoms with E-state index in [9.17, 15) is 8.78 Å². The van der Waals surface area contributed by atoms with Crippen LogP contribution in [0.3, 0.4) is 0 Å². The Balaban J connectivity index is 1.72. The van der Waals surface area contributed by atoms with Crippen LogP contribution in [-0.4, -0.2) is 0 Å². The zero-order valence-corrected chi connectivity index (χ0v) is 10.9. The summed E-state index contributed by atoms with van der Waals surface area (Å²) in [4.78, 5) is 0. The molecule has 0 amide bonds.